The minimum atomic E-state index is -0.748. The Morgan fingerprint density at radius 3 is 2.40 bits per heavy atom. The fourth-order valence-electron chi connectivity index (χ4n) is 1.92. The Hall–Kier alpha value is -1.10. The van der Waals surface area contributed by atoms with Crippen LogP contribution in [0.2, 0.25) is 0 Å². The first kappa shape index (κ1) is 12.0. The second kappa shape index (κ2) is 5.70. The highest BCUT2D eigenvalue weighted by atomic mass is 16.4. The molecule has 15 heavy (non-hydrogen) atoms. The third kappa shape index (κ3) is 3.87. The molecule has 1 aliphatic heterocycles. The first-order valence-electron chi connectivity index (χ1n) is 5.33. The highest BCUT2D eigenvalue weighted by Gasteiger charge is 2.23. The molecular weight excluding hydrogens is 196 g/mol. The fraction of sp³-hybridized carbons (Fsp3) is 0.800. The third-order valence-corrected chi connectivity index (χ3v) is 2.79. The lowest BCUT2D eigenvalue weighted by Gasteiger charge is -2.31. The average Bonchev–Trinajstić information content (AvgIpc) is 2.18. The van der Waals surface area contributed by atoms with Crippen molar-refractivity contribution in [2.24, 2.45) is 11.7 Å². The van der Waals surface area contributed by atoms with Gasteiger partial charge in [0, 0.05) is 32.5 Å². The van der Waals surface area contributed by atoms with Crippen molar-refractivity contribution in [3.8, 4) is 0 Å². The first-order valence-corrected chi connectivity index (χ1v) is 5.33. The molecular formula is C10H18N2O3. The van der Waals surface area contributed by atoms with Crippen molar-refractivity contribution in [3.05, 3.63) is 0 Å². The second-order valence-corrected chi connectivity index (χ2v) is 3.96. The van der Waals surface area contributed by atoms with E-state index in [0.717, 1.165) is 12.8 Å². The van der Waals surface area contributed by atoms with Crippen LogP contribution in [0.15, 0.2) is 0 Å². The van der Waals surface area contributed by atoms with Gasteiger partial charge in [-0.3, -0.25) is 9.59 Å². The van der Waals surface area contributed by atoms with Crippen LogP contribution in [0.5, 0.6) is 0 Å². The SMILES string of the molecule is NCCC(=O)N1CCC(CC(=O)O)CC1. The summed E-state index contributed by atoms with van der Waals surface area (Å²) in [4.78, 5) is 23.7. The Labute approximate surface area is 89.2 Å². The van der Waals surface area contributed by atoms with Gasteiger partial charge in [0.15, 0.2) is 0 Å². The lowest BCUT2D eigenvalue weighted by atomic mass is 9.93. The van der Waals surface area contributed by atoms with Crippen molar-refractivity contribution < 1.29 is 14.7 Å². The van der Waals surface area contributed by atoms with Gasteiger partial charge in [-0.15, -0.1) is 0 Å². The predicted molar refractivity (Wildman–Crippen MR) is 55.2 cm³/mol. The molecule has 0 aromatic heterocycles. The molecule has 0 radical (unpaired) electrons. The maximum atomic E-state index is 11.5. The summed E-state index contributed by atoms with van der Waals surface area (Å²) in [5, 5.41) is 8.63. The number of carbonyl (C=O) groups excluding carboxylic acids is 1. The number of likely N-dealkylation sites (tertiary alicyclic amines) is 1. The summed E-state index contributed by atoms with van der Waals surface area (Å²) in [6, 6.07) is 0. The first-order chi connectivity index (χ1) is 7.13. The molecule has 1 saturated heterocycles. The van der Waals surface area contributed by atoms with E-state index in [4.69, 9.17) is 10.8 Å². The zero-order valence-corrected chi connectivity index (χ0v) is 8.82. The lowest BCUT2D eigenvalue weighted by molar-refractivity contribution is -0.138. The number of carbonyl (C=O) groups is 2. The Balaban J connectivity index is 2.29. The van der Waals surface area contributed by atoms with Crippen LogP contribution < -0.4 is 5.73 Å². The van der Waals surface area contributed by atoms with Gasteiger partial charge in [0.05, 0.1) is 0 Å². The molecule has 86 valence electrons. The molecule has 0 bridgehead atoms. The van der Waals surface area contributed by atoms with Gasteiger partial charge in [-0.05, 0) is 18.8 Å². The van der Waals surface area contributed by atoms with Crippen LogP contribution in [0.3, 0.4) is 0 Å². The topological polar surface area (TPSA) is 83.6 Å². The van der Waals surface area contributed by atoms with Gasteiger partial charge in [0.25, 0.3) is 0 Å². The molecule has 3 N–H and O–H groups in total. The molecule has 0 unspecified atom stereocenters. The Kier molecular flexibility index (Phi) is 4.55. The molecule has 0 aliphatic carbocycles. The highest BCUT2D eigenvalue weighted by molar-refractivity contribution is 5.76. The van der Waals surface area contributed by atoms with E-state index in [1.54, 1.807) is 4.90 Å². The maximum Gasteiger partial charge on any atom is 0.303 e. The number of hydrogen-bond donors (Lipinski definition) is 2. The molecule has 0 aromatic rings. The number of amides is 1. The fourth-order valence-corrected chi connectivity index (χ4v) is 1.92. The molecule has 1 rings (SSSR count). The van der Waals surface area contributed by atoms with E-state index in [9.17, 15) is 9.59 Å². The molecule has 0 saturated carbocycles. The number of aliphatic carboxylic acids is 1. The molecule has 1 amide bonds. The number of carboxylic acid groups (broad SMARTS) is 1. The summed E-state index contributed by atoms with van der Waals surface area (Å²) in [7, 11) is 0. The minimum absolute atomic E-state index is 0.0891. The number of carboxylic acids is 1. The van der Waals surface area contributed by atoms with Gasteiger partial charge < -0.3 is 15.7 Å². The summed E-state index contributed by atoms with van der Waals surface area (Å²) >= 11 is 0. The van der Waals surface area contributed by atoms with Gasteiger partial charge in [0.1, 0.15) is 0 Å². The van der Waals surface area contributed by atoms with Gasteiger partial charge in [-0.25, -0.2) is 0 Å². The van der Waals surface area contributed by atoms with Crippen molar-refractivity contribution in [2.75, 3.05) is 19.6 Å². The van der Waals surface area contributed by atoms with Crippen molar-refractivity contribution in [1.82, 2.24) is 4.90 Å². The normalized spacial score (nSPS) is 17.8. The van der Waals surface area contributed by atoms with Crippen molar-refractivity contribution >= 4 is 11.9 Å². The van der Waals surface area contributed by atoms with Crippen LogP contribution in [-0.4, -0.2) is 41.5 Å². The number of nitrogens with two attached hydrogens (primary N) is 1. The van der Waals surface area contributed by atoms with Crippen molar-refractivity contribution in [3.63, 3.8) is 0 Å². The molecule has 0 spiro atoms. The van der Waals surface area contributed by atoms with Crippen LogP contribution in [-0.2, 0) is 9.59 Å². The lowest BCUT2D eigenvalue weighted by Crippen LogP contribution is -2.39. The molecule has 5 nitrogen and oxygen atoms in total. The van der Waals surface area contributed by atoms with Gasteiger partial charge in [-0.1, -0.05) is 0 Å². The Bertz CT molecular complexity index is 235. The number of rotatable bonds is 4. The second-order valence-electron chi connectivity index (χ2n) is 3.96. The van der Waals surface area contributed by atoms with E-state index in [1.165, 1.54) is 0 Å². The van der Waals surface area contributed by atoms with Crippen LogP contribution in [0, 0.1) is 5.92 Å². The van der Waals surface area contributed by atoms with Crippen molar-refractivity contribution in [1.29, 1.82) is 0 Å². The van der Waals surface area contributed by atoms with Crippen LogP contribution >= 0.6 is 0 Å². The quantitative estimate of drug-likeness (QED) is 0.692. The molecule has 5 heteroatoms. The summed E-state index contributed by atoms with van der Waals surface area (Å²) in [5.74, 6) is -0.433. The highest BCUT2D eigenvalue weighted by Crippen LogP contribution is 2.20. The molecule has 0 atom stereocenters. The molecule has 0 aromatic carbocycles. The number of nitrogens with zero attached hydrogens (tertiary/aromatic N) is 1. The monoisotopic (exact) mass is 214 g/mol. The zero-order chi connectivity index (χ0) is 11.3. The molecule has 1 fully saturated rings. The van der Waals surface area contributed by atoms with Crippen LogP contribution in [0.25, 0.3) is 0 Å². The smallest absolute Gasteiger partial charge is 0.303 e. The van der Waals surface area contributed by atoms with E-state index < -0.39 is 5.97 Å². The van der Waals surface area contributed by atoms with E-state index in [0.29, 0.717) is 26.1 Å². The minimum Gasteiger partial charge on any atom is -0.481 e. The van der Waals surface area contributed by atoms with Gasteiger partial charge in [-0.2, -0.15) is 0 Å². The summed E-state index contributed by atoms with van der Waals surface area (Å²) in [6.07, 6.45) is 2.20. The Morgan fingerprint density at radius 1 is 1.33 bits per heavy atom. The number of hydrogen-bond acceptors (Lipinski definition) is 3. The third-order valence-electron chi connectivity index (χ3n) is 2.79. The molecule has 1 aliphatic rings. The van der Waals surface area contributed by atoms with Gasteiger partial charge >= 0.3 is 5.97 Å². The number of piperidine rings is 1. The van der Waals surface area contributed by atoms with E-state index >= 15 is 0 Å². The maximum absolute atomic E-state index is 11.5. The van der Waals surface area contributed by atoms with Gasteiger partial charge in [0.2, 0.25) is 5.91 Å². The van der Waals surface area contributed by atoms with E-state index in [-0.39, 0.29) is 18.2 Å². The van der Waals surface area contributed by atoms with Crippen LogP contribution in [0.1, 0.15) is 25.7 Å². The van der Waals surface area contributed by atoms with E-state index in [2.05, 4.69) is 0 Å². The summed E-state index contributed by atoms with van der Waals surface area (Å²) in [6.45, 7) is 1.74. The zero-order valence-electron chi connectivity index (χ0n) is 8.82. The summed E-state index contributed by atoms with van der Waals surface area (Å²) < 4.78 is 0. The average molecular weight is 214 g/mol. The molecule has 1 heterocycles. The van der Waals surface area contributed by atoms with Crippen LogP contribution in [0.4, 0.5) is 0 Å². The predicted octanol–water partition coefficient (Wildman–Crippen LogP) is 0.0485. The summed E-state index contributed by atoms with van der Waals surface area (Å²) in [5.41, 5.74) is 5.30. The van der Waals surface area contributed by atoms with Crippen molar-refractivity contribution in [2.45, 2.75) is 25.7 Å². The largest absolute Gasteiger partial charge is 0.481 e. The standard InChI is InChI=1S/C10H18N2O3/c11-4-1-9(13)12-5-2-8(3-6-12)7-10(14)15/h8H,1-7,11H2,(H,14,15). The van der Waals surface area contributed by atoms with E-state index in [1.807, 2.05) is 0 Å². The Morgan fingerprint density at radius 2 is 1.93 bits per heavy atom.